The number of esters is 1. The van der Waals surface area contributed by atoms with Crippen LogP contribution in [0.15, 0.2) is 17.5 Å². The Labute approximate surface area is 114 Å². The first-order valence-corrected chi connectivity index (χ1v) is 6.58. The van der Waals surface area contributed by atoms with Crippen LogP contribution in [0.1, 0.15) is 34.2 Å². The quantitative estimate of drug-likeness (QED) is 0.864. The minimum Gasteiger partial charge on any atom is -0.464 e. The van der Waals surface area contributed by atoms with Crippen molar-refractivity contribution in [2.75, 3.05) is 12.4 Å². The van der Waals surface area contributed by atoms with Crippen LogP contribution in [0.2, 0.25) is 0 Å². The maximum absolute atomic E-state index is 11.2. The van der Waals surface area contributed by atoms with E-state index in [0.717, 1.165) is 10.7 Å². The average molecular weight is 278 g/mol. The molecule has 1 atom stereocenters. The van der Waals surface area contributed by atoms with Gasteiger partial charge in [0, 0.05) is 5.38 Å². The third-order valence-corrected chi connectivity index (χ3v) is 3.30. The van der Waals surface area contributed by atoms with Gasteiger partial charge in [0.25, 0.3) is 0 Å². The van der Waals surface area contributed by atoms with Crippen LogP contribution >= 0.6 is 11.3 Å². The lowest BCUT2D eigenvalue weighted by Gasteiger charge is -2.11. The van der Waals surface area contributed by atoms with Crippen LogP contribution in [-0.4, -0.2) is 28.3 Å². The first-order chi connectivity index (χ1) is 9.10. The number of nitrogens with zero attached hydrogens (tertiary/aromatic N) is 3. The van der Waals surface area contributed by atoms with E-state index in [-0.39, 0.29) is 11.7 Å². The SMILES string of the molecule is COC(=O)c1ccc(NC(C)c2csc(C)n2)nn1. The average Bonchev–Trinajstić information content (AvgIpc) is 2.85. The number of aryl methyl sites for hydroxylation is 1. The molecule has 0 saturated carbocycles. The summed E-state index contributed by atoms with van der Waals surface area (Å²) >= 11 is 1.60. The zero-order valence-corrected chi connectivity index (χ0v) is 11.7. The molecule has 2 rings (SSSR count). The van der Waals surface area contributed by atoms with Gasteiger partial charge in [-0.25, -0.2) is 9.78 Å². The Morgan fingerprint density at radius 1 is 1.42 bits per heavy atom. The van der Waals surface area contributed by atoms with E-state index in [1.165, 1.54) is 7.11 Å². The van der Waals surface area contributed by atoms with Crippen LogP contribution in [0.4, 0.5) is 5.82 Å². The van der Waals surface area contributed by atoms with E-state index >= 15 is 0 Å². The summed E-state index contributed by atoms with van der Waals surface area (Å²) < 4.78 is 4.56. The van der Waals surface area contributed by atoms with Gasteiger partial charge in [-0.2, -0.15) is 0 Å². The zero-order valence-electron chi connectivity index (χ0n) is 10.9. The number of thiazole rings is 1. The largest absolute Gasteiger partial charge is 0.464 e. The Hall–Kier alpha value is -2.02. The summed E-state index contributed by atoms with van der Waals surface area (Å²) in [5, 5.41) is 13.9. The number of nitrogens with one attached hydrogen (secondary N) is 1. The highest BCUT2D eigenvalue weighted by Crippen LogP contribution is 2.19. The van der Waals surface area contributed by atoms with Gasteiger partial charge in [-0.1, -0.05) is 0 Å². The van der Waals surface area contributed by atoms with Crippen LogP contribution in [-0.2, 0) is 4.74 Å². The van der Waals surface area contributed by atoms with Crippen LogP contribution in [0.5, 0.6) is 0 Å². The van der Waals surface area contributed by atoms with Crippen molar-refractivity contribution in [1.29, 1.82) is 0 Å². The lowest BCUT2D eigenvalue weighted by atomic mass is 10.2. The molecule has 0 amide bonds. The predicted octanol–water partition coefficient (Wildman–Crippen LogP) is 2.20. The predicted molar refractivity (Wildman–Crippen MR) is 72.3 cm³/mol. The molecule has 19 heavy (non-hydrogen) atoms. The van der Waals surface area contributed by atoms with Crippen molar-refractivity contribution in [3.05, 3.63) is 33.9 Å². The number of methoxy groups -OCH3 is 1. The van der Waals surface area contributed by atoms with Crippen LogP contribution in [0, 0.1) is 6.92 Å². The molecule has 0 aliphatic rings. The van der Waals surface area contributed by atoms with Crippen molar-refractivity contribution in [2.24, 2.45) is 0 Å². The second kappa shape index (κ2) is 5.75. The molecule has 6 nitrogen and oxygen atoms in total. The highest BCUT2D eigenvalue weighted by Gasteiger charge is 2.11. The molecule has 1 unspecified atom stereocenters. The molecule has 100 valence electrons. The molecule has 0 aliphatic heterocycles. The molecule has 0 saturated heterocycles. The Kier molecular flexibility index (Phi) is 4.06. The highest BCUT2D eigenvalue weighted by atomic mass is 32.1. The minimum absolute atomic E-state index is 0.0308. The van der Waals surface area contributed by atoms with Gasteiger partial charge in [-0.05, 0) is 26.0 Å². The van der Waals surface area contributed by atoms with Gasteiger partial charge in [-0.15, -0.1) is 21.5 Å². The molecule has 7 heteroatoms. The van der Waals surface area contributed by atoms with Crippen molar-refractivity contribution < 1.29 is 9.53 Å². The number of hydrogen-bond acceptors (Lipinski definition) is 7. The maximum atomic E-state index is 11.2. The number of rotatable bonds is 4. The molecule has 0 radical (unpaired) electrons. The molecular weight excluding hydrogens is 264 g/mol. The third-order valence-electron chi connectivity index (χ3n) is 2.50. The monoisotopic (exact) mass is 278 g/mol. The van der Waals surface area contributed by atoms with Gasteiger partial charge >= 0.3 is 5.97 Å². The summed E-state index contributed by atoms with van der Waals surface area (Å²) in [6, 6.07) is 3.29. The molecule has 0 bridgehead atoms. The second-order valence-corrected chi connectivity index (χ2v) is 5.02. The first kappa shape index (κ1) is 13.4. The van der Waals surface area contributed by atoms with Crippen LogP contribution in [0.3, 0.4) is 0 Å². The van der Waals surface area contributed by atoms with E-state index in [1.807, 2.05) is 19.2 Å². The standard InChI is InChI=1S/C12H14N4O2S/c1-7(10-6-19-8(2)14-10)13-11-5-4-9(15-16-11)12(17)18-3/h4-7H,1-3H3,(H,13,16). The van der Waals surface area contributed by atoms with Crippen molar-refractivity contribution >= 4 is 23.1 Å². The topological polar surface area (TPSA) is 77.0 Å². The van der Waals surface area contributed by atoms with E-state index in [4.69, 9.17) is 0 Å². The van der Waals surface area contributed by atoms with Gasteiger partial charge in [0.2, 0.25) is 0 Å². The Balaban J connectivity index is 2.05. The van der Waals surface area contributed by atoms with Crippen molar-refractivity contribution in [3.63, 3.8) is 0 Å². The summed E-state index contributed by atoms with van der Waals surface area (Å²) in [7, 11) is 1.31. The Bertz CT molecular complexity index is 567. The Morgan fingerprint density at radius 2 is 2.21 bits per heavy atom. The molecule has 0 fully saturated rings. The Morgan fingerprint density at radius 3 is 2.74 bits per heavy atom. The molecule has 0 spiro atoms. The molecule has 1 N–H and O–H groups in total. The molecule has 0 aromatic carbocycles. The number of carbonyl (C=O) groups excluding carboxylic acids is 1. The fourth-order valence-corrected chi connectivity index (χ4v) is 2.20. The van der Waals surface area contributed by atoms with Gasteiger partial charge in [0.1, 0.15) is 5.82 Å². The van der Waals surface area contributed by atoms with Gasteiger partial charge < -0.3 is 10.1 Å². The number of hydrogen-bond donors (Lipinski definition) is 1. The zero-order chi connectivity index (χ0) is 13.8. The third kappa shape index (κ3) is 3.25. The molecule has 2 aromatic rings. The molecule has 2 heterocycles. The number of anilines is 1. The fourth-order valence-electron chi connectivity index (χ4n) is 1.50. The molecular formula is C12H14N4O2S. The van der Waals surface area contributed by atoms with Gasteiger partial charge in [0.05, 0.1) is 23.9 Å². The number of carbonyl (C=O) groups is 1. The maximum Gasteiger partial charge on any atom is 0.358 e. The number of aromatic nitrogens is 3. The molecule has 2 aromatic heterocycles. The smallest absolute Gasteiger partial charge is 0.358 e. The van der Waals surface area contributed by atoms with Crippen molar-refractivity contribution in [1.82, 2.24) is 15.2 Å². The van der Waals surface area contributed by atoms with Crippen molar-refractivity contribution in [3.8, 4) is 0 Å². The van der Waals surface area contributed by atoms with Gasteiger partial charge in [0.15, 0.2) is 5.69 Å². The summed E-state index contributed by atoms with van der Waals surface area (Å²) in [6.07, 6.45) is 0. The van der Waals surface area contributed by atoms with Gasteiger partial charge in [-0.3, -0.25) is 0 Å². The summed E-state index contributed by atoms with van der Waals surface area (Å²) in [5.41, 5.74) is 1.14. The van der Waals surface area contributed by atoms with E-state index in [9.17, 15) is 4.79 Å². The lowest BCUT2D eigenvalue weighted by molar-refractivity contribution is 0.0593. The summed E-state index contributed by atoms with van der Waals surface area (Å²) in [5.74, 6) is 0.0908. The summed E-state index contributed by atoms with van der Waals surface area (Å²) in [6.45, 7) is 3.95. The highest BCUT2D eigenvalue weighted by molar-refractivity contribution is 7.09. The lowest BCUT2D eigenvalue weighted by Crippen LogP contribution is -2.11. The van der Waals surface area contributed by atoms with Crippen molar-refractivity contribution in [2.45, 2.75) is 19.9 Å². The van der Waals surface area contributed by atoms with E-state index < -0.39 is 5.97 Å². The number of ether oxygens (including phenoxy) is 1. The molecule has 0 aliphatic carbocycles. The van der Waals surface area contributed by atoms with E-state index in [0.29, 0.717) is 5.82 Å². The van der Waals surface area contributed by atoms with E-state index in [2.05, 4.69) is 25.2 Å². The van der Waals surface area contributed by atoms with E-state index in [1.54, 1.807) is 23.5 Å². The fraction of sp³-hybridized carbons (Fsp3) is 0.333. The first-order valence-electron chi connectivity index (χ1n) is 5.70. The minimum atomic E-state index is -0.498. The summed E-state index contributed by atoms with van der Waals surface area (Å²) in [4.78, 5) is 15.6. The normalized spacial score (nSPS) is 11.9. The van der Waals surface area contributed by atoms with Crippen LogP contribution < -0.4 is 5.32 Å². The van der Waals surface area contributed by atoms with Crippen LogP contribution in [0.25, 0.3) is 0 Å². The second-order valence-electron chi connectivity index (χ2n) is 3.95.